The van der Waals surface area contributed by atoms with Crippen molar-refractivity contribution in [3.8, 4) is 0 Å². The second kappa shape index (κ2) is 5.66. The van der Waals surface area contributed by atoms with Gasteiger partial charge >= 0.3 is 5.97 Å². The van der Waals surface area contributed by atoms with E-state index in [9.17, 15) is 9.90 Å². The van der Waals surface area contributed by atoms with E-state index in [1.54, 1.807) is 12.1 Å². The molecule has 0 aliphatic carbocycles. The highest BCUT2D eigenvalue weighted by molar-refractivity contribution is 6.30. The Morgan fingerprint density at radius 3 is 2.73 bits per heavy atom. The lowest BCUT2D eigenvalue weighted by atomic mass is 10.1. The molecule has 0 aliphatic heterocycles. The summed E-state index contributed by atoms with van der Waals surface area (Å²) in [5, 5.41) is 13.9. The highest BCUT2D eigenvalue weighted by Gasteiger charge is 2.11. The smallest absolute Gasteiger partial charge is 0.354 e. The molecular formula is C17H13ClN2O2. The number of aromatic carboxylic acids is 1. The molecule has 1 heterocycles. The van der Waals surface area contributed by atoms with Crippen molar-refractivity contribution in [3.05, 3.63) is 64.8 Å². The van der Waals surface area contributed by atoms with E-state index in [0.29, 0.717) is 16.2 Å². The Bertz CT molecular complexity index is 878. The van der Waals surface area contributed by atoms with Crippen molar-refractivity contribution >= 4 is 39.8 Å². The van der Waals surface area contributed by atoms with E-state index >= 15 is 0 Å². The first-order valence-corrected chi connectivity index (χ1v) is 7.08. The van der Waals surface area contributed by atoms with Crippen LogP contribution in [0, 0.1) is 6.92 Å². The number of hydrogen-bond donors (Lipinski definition) is 2. The van der Waals surface area contributed by atoms with Crippen molar-refractivity contribution in [2.45, 2.75) is 6.92 Å². The minimum atomic E-state index is -1.06. The standard InChI is InChI=1S/C17H13ClN2O2/c1-10-5-6-14-13(7-10)15(9-16(20-14)17(21)22)19-12-4-2-3-11(18)8-12/h2-9H,1H3,(H,19,20)(H,21,22). The third-order valence-corrected chi connectivity index (χ3v) is 3.52. The van der Waals surface area contributed by atoms with Crippen LogP contribution in [0.15, 0.2) is 48.5 Å². The van der Waals surface area contributed by atoms with Gasteiger partial charge in [-0.25, -0.2) is 9.78 Å². The summed E-state index contributed by atoms with van der Waals surface area (Å²) in [5.74, 6) is -1.06. The average Bonchev–Trinajstić information content (AvgIpc) is 2.47. The highest BCUT2D eigenvalue weighted by atomic mass is 35.5. The predicted molar refractivity (Wildman–Crippen MR) is 88.2 cm³/mol. The Hall–Kier alpha value is -2.59. The van der Waals surface area contributed by atoms with Crippen LogP contribution in [0.1, 0.15) is 16.1 Å². The summed E-state index contributed by atoms with van der Waals surface area (Å²) in [6.07, 6.45) is 0. The molecule has 5 heteroatoms. The molecule has 3 rings (SSSR count). The first kappa shape index (κ1) is 14.4. The Balaban J connectivity index is 2.17. The summed E-state index contributed by atoms with van der Waals surface area (Å²) >= 11 is 5.99. The zero-order chi connectivity index (χ0) is 15.7. The fourth-order valence-corrected chi connectivity index (χ4v) is 2.46. The maximum Gasteiger partial charge on any atom is 0.354 e. The SMILES string of the molecule is Cc1ccc2nc(C(=O)O)cc(Nc3cccc(Cl)c3)c2c1. The minimum Gasteiger partial charge on any atom is -0.477 e. The Labute approximate surface area is 132 Å². The number of fused-ring (bicyclic) bond motifs is 1. The van der Waals surface area contributed by atoms with Crippen LogP contribution in [0.2, 0.25) is 5.02 Å². The van der Waals surface area contributed by atoms with Gasteiger partial charge in [0.15, 0.2) is 5.69 Å². The van der Waals surface area contributed by atoms with Gasteiger partial charge in [0.2, 0.25) is 0 Å². The number of carboxylic acid groups (broad SMARTS) is 1. The van der Waals surface area contributed by atoms with Gasteiger partial charge in [0.1, 0.15) is 0 Å². The molecule has 2 N–H and O–H groups in total. The largest absolute Gasteiger partial charge is 0.477 e. The third-order valence-electron chi connectivity index (χ3n) is 3.29. The van der Waals surface area contributed by atoms with E-state index in [4.69, 9.17) is 11.6 Å². The van der Waals surface area contributed by atoms with Gasteiger partial charge in [-0.15, -0.1) is 0 Å². The van der Waals surface area contributed by atoms with Crippen molar-refractivity contribution in [2.24, 2.45) is 0 Å². The number of hydrogen-bond acceptors (Lipinski definition) is 3. The van der Waals surface area contributed by atoms with Crippen LogP contribution in [-0.2, 0) is 0 Å². The molecule has 3 aromatic rings. The maximum atomic E-state index is 11.3. The number of nitrogens with zero attached hydrogens (tertiary/aromatic N) is 1. The van der Waals surface area contributed by atoms with Crippen LogP contribution < -0.4 is 5.32 Å². The summed E-state index contributed by atoms with van der Waals surface area (Å²) in [4.78, 5) is 15.4. The molecule has 22 heavy (non-hydrogen) atoms. The number of anilines is 2. The Morgan fingerprint density at radius 1 is 1.18 bits per heavy atom. The van der Waals surface area contributed by atoms with Crippen LogP contribution in [0.5, 0.6) is 0 Å². The zero-order valence-corrected chi connectivity index (χ0v) is 12.6. The molecule has 0 aliphatic rings. The van der Waals surface area contributed by atoms with Gasteiger partial charge < -0.3 is 10.4 Å². The van der Waals surface area contributed by atoms with Crippen molar-refractivity contribution < 1.29 is 9.90 Å². The number of carboxylic acids is 1. The summed E-state index contributed by atoms with van der Waals surface area (Å²) in [7, 11) is 0. The average molecular weight is 313 g/mol. The number of carbonyl (C=O) groups is 1. The molecule has 0 saturated heterocycles. The maximum absolute atomic E-state index is 11.3. The molecule has 1 aromatic heterocycles. The minimum absolute atomic E-state index is 0.000816. The van der Waals surface area contributed by atoms with Gasteiger partial charge in [0.05, 0.1) is 11.2 Å². The summed E-state index contributed by atoms with van der Waals surface area (Å²) in [6.45, 7) is 1.98. The van der Waals surface area contributed by atoms with Crippen LogP contribution in [0.4, 0.5) is 11.4 Å². The number of pyridine rings is 1. The van der Waals surface area contributed by atoms with E-state index in [2.05, 4.69) is 10.3 Å². The fraction of sp³-hybridized carbons (Fsp3) is 0.0588. The summed E-state index contributed by atoms with van der Waals surface area (Å²) < 4.78 is 0. The van der Waals surface area contributed by atoms with Gasteiger partial charge in [0, 0.05) is 16.1 Å². The molecule has 0 atom stereocenters. The first-order chi connectivity index (χ1) is 10.5. The normalized spacial score (nSPS) is 10.6. The van der Waals surface area contributed by atoms with Gasteiger partial charge in [-0.2, -0.15) is 0 Å². The molecule has 110 valence electrons. The molecule has 0 radical (unpaired) electrons. The molecule has 0 fully saturated rings. The van der Waals surface area contributed by atoms with Gasteiger partial charge in [-0.1, -0.05) is 29.3 Å². The Morgan fingerprint density at radius 2 is 2.00 bits per heavy atom. The Kier molecular flexibility index (Phi) is 3.69. The molecular weight excluding hydrogens is 300 g/mol. The lowest BCUT2D eigenvalue weighted by Crippen LogP contribution is -2.03. The van der Waals surface area contributed by atoms with Gasteiger partial charge in [-0.05, 0) is 43.3 Å². The fourth-order valence-electron chi connectivity index (χ4n) is 2.27. The van der Waals surface area contributed by atoms with Crippen LogP contribution >= 0.6 is 11.6 Å². The second-order valence-corrected chi connectivity index (χ2v) is 5.45. The molecule has 0 spiro atoms. The van der Waals surface area contributed by atoms with E-state index in [0.717, 1.165) is 16.6 Å². The molecule has 0 unspecified atom stereocenters. The molecule has 0 bridgehead atoms. The molecule has 0 amide bonds. The molecule has 0 saturated carbocycles. The lowest BCUT2D eigenvalue weighted by Gasteiger charge is -2.11. The van der Waals surface area contributed by atoms with E-state index < -0.39 is 5.97 Å². The first-order valence-electron chi connectivity index (χ1n) is 6.70. The zero-order valence-electron chi connectivity index (χ0n) is 11.8. The highest BCUT2D eigenvalue weighted by Crippen LogP contribution is 2.28. The van der Waals surface area contributed by atoms with E-state index in [-0.39, 0.29) is 5.69 Å². The number of rotatable bonds is 3. The summed E-state index contributed by atoms with van der Waals surface area (Å²) in [6, 6.07) is 14.5. The van der Waals surface area contributed by atoms with Crippen molar-refractivity contribution in [3.63, 3.8) is 0 Å². The van der Waals surface area contributed by atoms with Crippen LogP contribution in [-0.4, -0.2) is 16.1 Å². The topological polar surface area (TPSA) is 62.2 Å². The van der Waals surface area contributed by atoms with E-state index in [1.165, 1.54) is 6.07 Å². The summed E-state index contributed by atoms with van der Waals surface area (Å²) in [5.41, 5.74) is 3.19. The van der Waals surface area contributed by atoms with Crippen molar-refractivity contribution in [1.82, 2.24) is 4.98 Å². The van der Waals surface area contributed by atoms with Crippen molar-refractivity contribution in [1.29, 1.82) is 0 Å². The number of aromatic nitrogens is 1. The number of nitrogens with one attached hydrogen (secondary N) is 1. The van der Waals surface area contributed by atoms with Crippen molar-refractivity contribution in [2.75, 3.05) is 5.32 Å². The number of benzene rings is 2. The lowest BCUT2D eigenvalue weighted by molar-refractivity contribution is 0.0691. The molecule has 4 nitrogen and oxygen atoms in total. The molecule has 2 aromatic carbocycles. The van der Waals surface area contributed by atoms with Crippen LogP contribution in [0.25, 0.3) is 10.9 Å². The number of halogens is 1. The predicted octanol–water partition coefficient (Wildman–Crippen LogP) is 4.64. The van der Waals surface area contributed by atoms with Gasteiger partial charge in [-0.3, -0.25) is 0 Å². The van der Waals surface area contributed by atoms with E-state index in [1.807, 2.05) is 37.3 Å². The number of aryl methyl sites for hydroxylation is 1. The van der Waals surface area contributed by atoms with Gasteiger partial charge in [0.25, 0.3) is 0 Å². The second-order valence-electron chi connectivity index (χ2n) is 5.02. The quantitative estimate of drug-likeness (QED) is 0.739. The van der Waals surface area contributed by atoms with Crippen LogP contribution in [0.3, 0.4) is 0 Å². The monoisotopic (exact) mass is 312 g/mol. The third kappa shape index (κ3) is 2.87.